The summed E-state index contributed by atoms with van der Waals surface area (Å²) in [5, 5.41) is 19.9. The molecule has 0 aliphatic rings. The van der Waals surface area contributed by atoms with E-state index in [4.69, 9.17) is 4.74 Å². The van der Waals surface area contributed by atoms with Crippen molar-refractivity contribution < 1.29 is 14.9 Å². The molecule has 0 radical (unpaired) electrons. The second-order valence-electron chi connectivity index (χ2n) is 6.23. The fraction of sp³-hybridized carbons (Fsp3) is 0.684. The minimum atomic E-state index is -0.643. The van der Waals surface area contributed by atoms with Crippen LogP contribution in [-0.2, 0) is 6.42 Å². The number of aryl methyl sites for hydroxylation is 1. The Labute approximate surface area is 135 Å². The Morgan fingerprint density at radius 1 is 0.955 bits per heavy atom. The number of benzene rings is 1. The third kappa shape index (κ3) is 4.99. The van der Waals surface area contributed by atoms with Gasteiger partial charge in [0.25, 0.3) is 0 Å². The van der Waals surface area contributed by atoms with E-state index in [9.17, 15) is 10.2 Å². The number of hydrogen-bond acceptors (Lipinski definition) is 3. The van der Waals surface area contributed by atoms with Crippen LogP contribution in [-0.4, -0.2) is 29.0 Å². The normalized spacial score (nSPS) is 14.0. The van der Waals surface area contributed by atoms with Crippen LogP contribution < -0.4 is 4.74 Å². The minimum Gasteiger partial charge on any atom is -0.493 e. The lowest BCUT2D eigenvalue weighted by Crippen LogP contribution is -2.26. The van der Waals surface area contributed by atoms with E-state index in [-0.39, 0.29) is 0 Å². The Morgan fingerprint density at radius 2 is 1.59 bits per heavy atom. The maximum atomic E-state index is 10.1. The van der Waals surface area contributed by atoms with Gasteiger partial charge in [-0.25, -0.2) is 0 Å². The molecule has 0 aromatic heterocycles. The first-order valence-corrected chi connectivity index (χ1v) is 8.50. The van der Waals surface area contributed by atoms with E-state index in [1.807, 2.05) is 6.92 Å². The number of hydrogen-bond donors (Lipinski definition) is 2. The molecule has 0 saturated carbocycles. The Kier molecular flexibility index (Phi) is 7.91. The first-order chi connectivity index (χ1) is 10.4. The first kappa shape index (κ1) is 19.0. The molecule has 22 heavy (non-hydrogen) atoms. The zero-order valence-electron chi connectivity index (χ0n) is 14.8. The summed E-state index contributed by atoms with van der Waals surface area (Å²) >= 11 is 0. The maximum absolute atomic E-state index is 10.1. The highest BCUT2D eigenvalue weighted by Crippen LogP contribution is 2.29. The lowest BCUT2D eigenvalue weighted by atomic mass is 9.92. The van der Waals surface area contributed by atoms with Gasteiger partial charge in [-0.15, -0.1) is 0 Å². The van der Waals surface area contributed by atoms with Crippen molar-refractivity contribution in [2.45, 2.75) is 78.9 Å². The monoisotopic (exact) mass is 308 g/mol. The zero-order valence-corrected chi connectivity index (χ0v) is 14.8. The van der Waals surface area contributed by atoms with Crippen LogP contribution in [0, 0.1) is 20.8 Å². The molecule has 2 N–H and O–H groups in total. The van der Waals surface area contributed by atoms with E-state index in [0.29, 0.717) is 12.8 Å². The SMILES string of the molecule is CCCOc1cc(C)c(CCC(O)C(O)CCC)c(C)c1C. The summed E-state index contributed by atoms with van der Waals surface area (Å²) < 4.78 is 5.81. The topological polar surface area (TPSA) is 49.7 Å². The average Bonchev–Trinajstić information content (AvgIpc) is 2.49. The van der Waals surface area contributed by atoms with E-state index in [0.717, 1.165) is 31.6 Å². The smallest absolute Gasteiger partial charge is 0.122 e. The standard InChI is InChI=1S/C19H32O3/c1-6-8-17(20)18(21)10-9-16-13(3)12-19(22-11-7-2)15(5)14(16)4/h12,17-18,20-21H,6-11H2,1-5H3. The van der Waals surface area contributed by atoms with Gasteiger partial charge in [0, 0.05) is 0 Å². The van der Waals surface area contributed by atoms with Crippen LogP contribution in [0.1, 0.15) is 61.8 Å². The molecule has 3 nitrogen and oxygen atoms in total. The average molecular weight is 308 g/mol. The predicted octanol–water partition coefficient (Wildman–Crippen LogP) is 3.86. The van der Waals surface area contributed by atoms with Gasteiger partial charge >= 0.3 is 0 Å². The Morgan fingerprint density at radius 3 is 2.18 bits per heavy atom. The van der Waals surface area contributed by atoms with Crippen molar-refractivity contribution in [2.24, 2.45) is 0 Å². The Balaban J connectivity index is 2.81. The molecule has 0 aliphatic carbocycles. The molecular formula is C19H32O3. The number of rotatable bonds is 9. The van der Waals surface area contributed by atoms with Crippen LogP contribution in [0.25, 0.3) is 0 Å². The van der Waals surface area contributed by atoms with Gasteiger partial charge < -0.3 is 14.9 Å². The number of aliphatic hydroxyl groups is 2. The molecule has 3 heteroatoms. The molecule has 1 rings (SSSR count). The maximum Gasteiger partial charge on any atom is 0.122 e. The summed E-state index contributed by atoms with van der Waals surface area (Å²) in [5.74, 6) is 0.965. The predicted molar refractivity (Wildman–Crippen MR) is 91.7 cm³/mol. The van der Waals surface area contributed by atoms with Gasteiger partial charge in [0.2, 0.25) is 0 Å². The zero-order chi connectivity index (χ0) is 16.7. The first-order valence-electron chi connectivity index (χ1n) is 8.50. The molecule has 0 saturated heterocycles. The van der Waals surface area contributed by atoms with E-state index >= 15 is 0 Å². The van der Waals surface area contributed by atoms with Gasteiger partial charge in [0.15, 0.2) is 0 Å². The summed E-state index contributed by atoms with van der Waals surface area (Å²) in [6.45, 7) is 11.2. The molecule has 2 unspecified atom stereocenters. The quantitative estimate of drug-likeness (QED) is 0.728. The molecule has 0 bridgehead atoms. The van der Waals surface area contributed by atoms with Crippen LogP contribution in [0.15, 0.2) is 6.07 Å². The van der Waals surface area contributed by atoms with E-state index < -0.39 is 12.2 Å². The lowest BCUT2D eigenvalue weighted by molar-refractivity contribution is 0.00977. The molecule has 0 heterocycles. The molecule has 126 valence electrons. The van der Waals surface area contributed by atoms with Crippen molar-refractivity contribution >= 4 is 0 Å². The van der Waals surface area contributed by atoms with E-state index in [1.54, 1.807) is 0 Å². The summed E-state index contributed by atoms with van der Waals surface area (Å²) in [4.78, 5) is 0. The van der Waals surface area contributed by atoms with Gasteiger partial charge in [-0.1, -0.05) is 20.3 Å². The second-order valence-corrected chi connectivity index (χ2v) is 6.23. The van der Waals surface area contributed by atoms with Crippen LogP contribution in [0.5, 0.6) is 5.75 Å². The molecule has 1 aromatic rings. The van der Waals surface area contributed by atoms with Crippen molar-refractivity contribution in [3.05, 3.63) is 28.3 Å². The fourth-order valence-electron chi connectivity index (χ4n) is 2.82. The van der Waals surface area contributed by atoms with Crippen LogP contribution >= 0.6 is 0 Å². The molecular weight excluding hydrogens is 276 g/mol. The van der Waals surface area contributed by atoms with Crippen LogP contribution in [0.3, 0.4) is 0 Å². The summed E-state index contributed by atoms with van der Waals surface area (Å²) in [7, 11) is 0. The third-order valence-electron chi connectivity index (χ3n) is 4.39. The minimum absolute atomic E-state index is 0.595. The molecule has 0 amide bonds. The summed E-state index contributed by atoms with van der Waals surface area (Å²) in [6.07, 6.45) is 2.67. The van der Waals surface area contributed by atoms with E-state index in [1.165, 1.54) is 22.3 Å². The second kappa shape index (κ2) is 9.16. The van der Waals surface area contributed by atoms with Crippen molar-refractivity contribution in [1.29, 1.82) is 0 Å². The highest BCUT2D eigenvalue weighted by atomic mass is 16.5. The molecule has 0 spiro atoms. The van der Waals surface area contributed by atoms with Crippen molar-refractivity contribution in [3.63, 3.8) is 0 Å². The van der Waals surface area contributed by atoms with Gasteiger partial charge in [-0.2, -0.15) is 0 Å². The Bertz CT molecular complexity index is 468. The van der Waals surface area contributed by atoms with Crippen LogP contribution in [0.4, 0.5) is 0 Å². The Hall–Kier alpha value is -1.06. The van der Waals surface area contributed by atoms with Crippen LogP contribution in [0.2, 0.25) is 0 Å². The van der Waals surface area contributed by atoms with Crippen molar-refractivity contribution in [2.75, 3.05) is 6.61 Å². The van der Waals surface area contributed by atoms with Gasteiger partial charge in [0.1, 0.15) is 5.75 Å². The summed E-state index contributed by atoms with van der Waals surface area (Å²) in [5.41, 5.74) is 4.89. The lowest BCUT2D eigenvalue weighted by Gasteiger charge is -2.20. The van der Waals surface area contributed by atoms with Crippen molar-refractivity contribution in [1.82, 2.24) is 0 Å². The molecule has 2 atom stereocenters. The number of ether oxygens (including phenoxy) is 1. The summed E-state index contributed by atoms with van der Waals surface area (Å²) in [6, 6.07) is 2.10. The highest BCUT2D eigenvalue weighted by Gasteiger charge is 2.17. The molecule has 1 aromatic carbocycles. The van der Waals surface area contributed by atoms with E-state index in [2.05, 4.69) is 33.8 Å². The van der Waals surface area contributed by atoms with Gasteiger partial charge in [0.05, 0.1) is 18.8 Å². The molecule has 0 fully saturated rings. The fourth-order valence-corrected chi connectivity index (χ4v) is 2.82. The third-order valence-corrected chi connectivity index (χ3v) is 4.39. The van der Waals surface area contributed by atoms with Gasteiger partial charge in [-0.3, -0.25) is 0 Å². The van der Waals surface area contributed by atoms with Crippen molar-refractivity contribution in [3.8, 4) is 5.75 Å². The van der Waals surface area contributed by atoms with Gasteiger partial charge in [-0.05, 0) is 74.8 Å². The largest absolute Gasteiger partial charge is 0.493 e. The number of aliphatic hydroxyl groups excluding tert-OH is 2. The molecule has 0 aliphatic heterocycles. The highest BCUT2D eigenvalue weighted by molar-refractivity contribution is 5.48.